The van der Waals surface area contributed by atoms with E-state index < -0.39 is 0 Å². The lowest BCUT2D eigenvalue weighted by Crippen LogP contribution is -2.11. The van der Waals surface area contributed by atoms with Gasteiger partial charge in [0.1, 0.15) is 5.82 Å². The van der Waals surface area contributed by atoms with E-state index in [2.05, 4.69) is 13.8 Å². The fourth-order valence-corrected chi connectivity index (χ4v) is 2.02. The van der Waals surface area contributed by atoms with Crippen LogP contribution in [0.5, 0.6) is 0 Å². The number of benzene rings is 1. The Morgan fingerprint density at radius 3 is 2.14 bits per heavy atom. The molecule has 0 bridgehead atoms. The maximum Gasteiger partial charge on any atom is 0.123 e. The van der Waals surface area contributed by atoms with E-state index in [1.165, 1.54) is 12.1 Å². The fraction of sp³-hybridized carbons (Fsp3) is 0.500. The second-order valence-electron chi connectivity index (χ2n) is 3.49. The highest BCUT2D eigenvalue weighted by Crippen LogP contribution is 2.28. The first kappa shape index (κ1) is 11.5. The average Bonchev–Trinajstić information content (AvgIpc) is 2.21. The first-order valence-electron chi connectivity index (χ1n) is 5.08. The van der Waals surface area contributed by atoms with Crippen LogP contribution in [0.3, 0.4) is 0 Å². The molecule has 0 spiro atoms. The predicted octanol–water partition coefficient (Wildman–Crippen LogP) is 4.34. The summed E-state index contributed by atoms with van der Waals surface area (Å²) in [7, 11) is 0. The molecule has 0 radical (unpaired) electrons. The van der Waals surface area contributed by atoms with Gasteiger partial charge in [-0.2, -0.15) is 0 Å². The average molecular weight is 215 g/mol. The molecule has 78 valence electrons. The van der Waals surface area contributed by atoms with Crippen molar-refractivity contribution < 1.29 is 4.39 Å². The Bertz CT molecular complexity index is 268. The monoisotopic (exact) mass is 214 g/mol. The van der Waals surface area contributed by atoms with E-state index in [-0.39, 0.29) is 11.2 Å². The zero-order valence-electron chi connectivity index (χ0n) is 8.63. The van der Waals surface area contributed by atoms with Crippen LogP contribution in [0.1, 0.15) is 38.2 Å². The summed E-state index contributed by atoms with van der Waals surface area (Å²) in [6.07, 6.45) is 1.94. The van der Waals surface area contributed by atoms with Gasteiger partial charge in [-0.15, -0.1) is 11.6 Å². The van der Waals surface area contributed by atoms with Crippen LogP contribution in [0.2, 0.25) is 0 Å². The SMILES string of the molecule is CCC(Cl)C(CC)c1ccc(F)cc1. The fourth-order valence-electron chi connectivity index (χ4n) is 1.69. The zero-order valence-corrected chi connectivity index (χ0v) is 9.39. The third-order valence-electron chi connectivity index (χ3n) is 2.56. The van der Waals surface area contributed by atoms with Crippen molar-refractivity contribution in [3.63, 3.8) is 0 Å². The maximum absolute atomic E-state index is 12.7. The van der Waals surface area contributed by atoms with Gasteiger partial charge in [0.15, 0.2) is 0 Å². The summed E-state index contributed by atoms with van der Waals surface area (Å²) in [6, 6.07) is 6.65. The molecule has 0 fully saturated rings. The molecular weight excluding hydrogens is 199 g/mol. The van der Waals surface area contributed by atoms with Crippen molar-refractivity contribution in [2.75, 3.05) is 0 Å². The lowest BCUT2D eigenvalue weighted by molar-refractivity contribution is 0.597. The van der Waals surface area contributed by atoms with Gasteiger partial charge in [0.25, 0.3) is 0 Å². The molecule has 0 aliphatic rings. The van der Waals surface area contributed by atoms with Gasteiger partial charge in [0.2, 0.25) is 0 Å². The lowest BCUT2D eigenvalue weighted by atomic mass is 9.92. The Hall–Kier alpha value is -0.560. The number of hydrogen-bond donors (Lipinski definition) is 0. The highest BCUT2D eigenvalue weighted by molar-refractivity contribution is 6.21. The van der Waals surface area contributed by atoms with E-state index in [4.69, 9.17) is 11.6 Å². The van der Waals surface area contributed by atoms with Crippen molar-refractivity contribution in [3.05, 3.63) is 35.6 Å². The van der Waals surface area contributed by atoms with Crippen LogP contribution in [0.15, 0.2) is 24.3 Å². The van der Waals surface area contributed by atoms with E-state index in [1.54, 1.807) is 0 Å². The molecule has 1 rings (SSSR count). The molecule has 1 aromatic carbocycles. The molecule has 2 unspecified atom stereocenters. The predicted molar refractivity (Wildman–Crippen MR) is 59.4 cm³/mol. The Kier molecular flexibility index (Phi) is 4.40. The van der Waals surface area contributed by atoms with Gasteiger partial charge < -0.3 is 0 Å². The lowest BCUT2D eigenvalue weighted by Gasteiger charge is -2.19. The van der Waals surface area contributed by atoms with Gasteiger partial charge in [-0.1, -0.05) is 26.0 Å². The summed E-state index contributed by atoms with van der Waals surface area (Å²) >= 11 is 6.21. The van der Waals surface area contributed by atoms with Crippen LogP contribution in [0, 0.1) is 5.82 Å². The summed E-state index contributed by atoms with van der Waals surface area (Å²) in [5.41, 5.74) is 1.13. The molecule has 0 saturated heterocycles. The first-order valence-corrected chi connectivity index (χ1v) is 5.52. The normalized spacial score (nSPS) is 15.1. The summed E-state index contributed by atoms with van der Waals surface area (Å²) in [5.74, 6) is 0.147. The molecule has 0 aromatic heterocycles. The first-order chi connectivity index (χ1) is 6.69. The maximum atomic E-state index is 12.7. The van der Waals surface area contributed by atoms with Gasteiger partial charge in [-0.05, 0) is 36.5 Å². The Morgan fingerprint density at radius 2 is 1.71 bits per heavy atom. The minimum absolute atomic E-state index is 0.144. The van der Waals surface area contributed by atoms with Crippen molar-refractivity contribution in [1.29, 1.82) is 0 Å². The Balaban J connectivity index is 2.84. The molecule has 1 aromatic rings. The second-order valence-corrected chi connectivity index (χ2v) is 4.05. The number of rotatable bonds is 4. The van der Waals surface area contributed by atoms with Gasteiger partial charge in [-0.3, -0.25) is 0 Å². The zero-order chi connectivity index (χ0) is 10.6. The van der Waals surface area contributed by atoms with Crippen LogP contribution in [0.4, 0.5) is 4.39 Å². The van der Waals surface area contributed by atoms with Crippen LogP contribution >= 0.6 is 11.6 Å². The van der Waals surface area contributed by atoms with Gasteiger partial charge in [0.05, 0.1) is 0 Å². The third-order valence-corrected chi connectivity index (χ3v) is 3.18. The highest BCUT2D eigenvalue weighted by Gasteiger charge is 2.17. The molecule has 0 aliphatic carbocycles. The highest BCUT2D eigenvalue weighted by atomic mass is 35.5. The Morgan fingerprint density at radius 1 is 1.14 bits per heavy atom. The molecule has 14 heavy (non-hydrogen) atoms. The molecule has 0 aliphatic heterocycles. The topological polar surface area (TPSA) is 0 Å². The number of alkyl halides is 1. The van der Waals surface area contributed by atoms with E-state index >= 15 is 0 Å². The number of hydrogen-bond acceptors (Lipinski definition) is 0. The van der Waals surface area contributed by atoms with Crippen molar-refractivity contribution >= 4 is 11.6 Å². The Labute approximate surface area is 90.1 Å². The molecule has 2 heteroatoms. The molecular formula is C12H16ClF. The minimum Gasteiger partial charge on any atom is -0.207 e. The van der Waals surface area contributed by atoms with E-state index in [9.17, 15) is 4.39 Å². The summed E-state index contributed by atoms with van der Waals surface area (Å²) in [6.45, 7) is 4.18. The quantitative estimate of drug-likeness (QED) is 0.655. The minimum atomic E-state index is -0.189. The van der Waals surface area contributed by atoms with Crippen LogP contribution in [0.25, 0.3) is 0 Å². The van der Waals surface area contributed by atoms with Crippen molar-refractivity contribution in [2.24, 2.45) is 0 Å². The molecule has 0 amide bonds. The largest absolute Gasteiger partial charge is 0.207 e. The van der Waals surface area contributed by atoms with Crippen LogP contribution in [-0.2, 0) is 0 Å². The van der Waals surface area contributed by atoms with Crippen LogP contribution < -0.4 is 0 Å². The van der Waals surface area contributed by atoms with Gasteiger partial charge in [-0.25, -0.2) is 4.39 Å². The van der Waals surface area contributed by atoms with Crippen molar-refractivity contribution in [1.82, 2.24) is 0 Å². The van der Waals surface area contributed by atoms with Crippen LogP contribution in [-0.4, -0.2) is 5.38 Å². The number of halogens is 2. The second kappa shape index (κ2) is 5.35. The smallest absolute Gasteiger partial charge is 0.123 e. The molecule has 0 heterocycles. The molecule has 2 atom stereocenters. The summed E-state index contributed by atoms with van der Waals surface area (Å²) in [4.78, 5) is 0. The molecule has 0 nitrogen and oxygen atoms in total. The van der Waals surface area contributed by atoms with Gasteiger partial charge >= 0.3 is 0 Å². The van der Waals surface area contributed by atoms with E-state index in [0.29, 0.717) is 5.92 Å². The molecule has 0 N–H and O–H groups in total. The molecule has 0 saturated carbocycles. The summed E-state index contributed by atoms with van der Waals surface area (Å²) < 4.78 is 12.7. The standard InChI is InChI=1S/C12H16ClF/c1-3-11(12(13)4-2)9-5-7-10(14)8-6-9/h5-8,11-12H,3-4H2,1-2H3. The van der Waals surface area contributed by atoms with E-state index in [0.717, 1.165) is 18.4 Å². The summed E-state index contributed by atoms with van der Waals surface area (Å²) in [5, 5.41) is 0.144. The van der Waals surface area contributed by atoms with Crippen molar-refractivity contribution in [2.45, 2.75) is 38.0 Å². The van der Waals surface area contributed by atoms with E-state index in [1.807, 2.05) is 12.1 Å². The third kappa shape index (κ3) is 2.71. The van der Waals surface area contributed by atoms with Gasteiger partial charge in [0, 0.05) is 5.38 Å². The van der Waals surface area contributed by atoms with Crippen molar-refractivity contribution in [3.8, 4) is 0 Å².